The first kappa shape index (κ1) is 25.0. The molecule has 0 saturated carbocycles. The van der Waals surface area contributed by atoms with Gasteiger partial charge in [-0.1, -0.05) is 53.0 Å². The van der Waals surface area contributed by atoms with Crippen molar-refractivity contribution in [3.63, 3.8) is 0 Å². The summed E-state index contributed by atoms with van der Waals surface area (Å²) in [4.78, 5) is 26.9. The molecule has 7 nitrogen and oxygen atoms in total. The molecule has 0 bridgehead atoms. The van der Waals surface area contributed by atoms with Crippen LogP contribution < -0.4 is 9.62 Å². The van der Waals surface area contributed by atoms with Gasteiger partial charge in [-0.15, -0.1) is 0 Å². The van der Waals surface area contributed by atoms with Crippen LogP contribution in [0.4, 0.5) is 5.69 Å². The first-order chi connectivity index (χ1) is 14.4. The zero-order chi connectivity index (χ0) is 23.3. The fourth-order valence-corrected chi connectivity index (χ4v) is 4.24. The number of halogens is 2. The maximum absolute atomic E-state index is 13.3. The second-order valence-corrected chi connectivity index (χ2v) is 9.91. The Morgan fingerprint density at radius 2 is 1.71 bits per heavy atom. The van der Waals surface area contributed by atoms with E-state index in [0.717, 1.165) is 21.7 Å². The monoisotopic (exact) mass is 485 g/mol. The number of nitrogens with one attached hydrogen (secondary N) is 1. The largest absolute Gasteiger partial charge is 0.357 e. The van der Waals surface area contributed by atoms with Crippen LogP contribution in [-0.2, 0) is 26.2 Å². The highest BCUT2D eigenvalue weighted by molar-refractivity contribution is 7.92. The summed E-state index contributed by atoms with van der Waals surface area (Å²) in [5.74, 6) is -0.926. The van der Waals surface area contributed by atoms with Gasteiger partial charge >= 0.3 is 0 Å². The summed E-state index contributed by atoms with van der Waals surface area (Å²) in [7, 11) is -2.40. The summed E-state index contributed by atoms with van der Waals surface area (Å²) >= 11 is 12.2. The number of rotatable bonds is 8. The van der Waals surface area contributed by atoms with Gasteiger partial charge in [0.05, 0.1) is 17.0 Å². The lowest BCUT2D eigenvalue weighted by atomic mass is 10.1. The standard InChI is InChI=1S/C21H25Cl2N3O4S/c1-14-5-7-16(8-6-14)12-25(15(2)21(28)24-3)20(27)13-26(31(4,29)30)19-11-17(22)9-10-18(19)23/h5-11,15H,12-13H2,1-4H3,(H,24,28). The Morgan fingerprint density at radius 1 is 1.10 bits per heavy atom. The van der Waals surface area contributed by atoms with E-state index in [9.17, 15) is 18.0 Å². The molecule has 31 heavy (non-hydrogen) atoms. The Balaban J connectivity index is 2.42. The number of anilines is 1. The number of hydrogen-bond acceptors (Lipinski definition) is 4. The average Bonchev–Trinajstić information content (AvgIpc) is 2.71. The molecule has 0 heterocycles. The van der Waals surface area contributed by atoms with E-state index in [1.807, 2.05) is 31.2 Å². The van der Waals surface area contributed by atoms with Gasteiger partial charge < -0.3 is 10.2 Å². The third-order valence-corrected chi connectivity index (χ3v) is 6.42. The first-order valence-corrected chi connectivity index (χ1v) is 12.0. The van der Waals surface area contributed by atoms with Crippen LogP contribution in [0.25, 0.3) is 0 Å². The number of benzene rings is 2. The molecule has 168 valence electrons. The van der Waals surface area contributed by atoms with Crippen molar-refractivity contribution < 1.29 is 18.0 Å². The van der Waals surface area contributed by atoms with Gasteiger partial charge in [-0.05, 0) is 37.6 Å². The molecule has 0 aliphatic heterocycles. The molecule has 0 saturated heterocycles. The molecule has 1 unspecified atom stereocenters. The molecule has 2 aromatic carbocycles. The van der Waals surface area contributed by atoms with E-state index >= 15 is 0 Å². The zero-order valence-electron chi connectivity index (χ0n) is 17.7. The molecular weight excluding hydrogens is 461 g/mol. The van der Waals surface area contributed by atoms with Gasteiger partial charge in [-0.2, -0.15) is 0 Å². The summed E-state index contributed by atoms with van der Waals surface area (Å²) < 4.78 is 25.9. The predicted octanol–water partition coefficient (Wildman–Crippen LogP) is 3.23. The van der Waals surface area contributed by atoms with Crippen molar-refractivity contribution in [3.8, 4) is 0 Å². The first-order valence-electron chi connectivity index (χ1n) is 9.43. The SMILES string of the molecule is CNC(=O)C(C)N(Cc1ccc(C)cc1)C(=O)CN(c1cc(Cl)ccc1Cl)S(C)(=O)=O. The lowest BCUT2D eigenvalue weighted by molar-refractivity contribution is -0.139. The highest BCUT2D eigenvalue weighted by atomic mass is 35.5. The Kier molecular flexibility index (Phi) is 8.34. The van der Waals surface area contributed by atoms with Gasteiger partial charge in [-0.3, -0.25) is 13.9 Å². The normalized spacial score (nSPS) is 12.2. The average molecular weight is 486 g/mol. The maximum atomic E-state index is 13.3. The van der Waals surface area contributed by atoms with E-state index in [-0.39, 0.29) is 28.2 Å². The molecule has 1 N–H and O–H groups in total. The van der Waals surface area contributed by atoms with Crippen molar-refractivity contribution in [1.29, 1.82) is 0 Å². The van der Waals surface area contributed by atoms with Crippen LogP contribution in [0.5, 0.6) is 0 Å². The minimum Gasteiger partial charge on any atom is -0.357 e. The molecule has 0 aliphatic rings. The molecule has 2 rings (SSSR count). The Hall–Kier alpha value is -2.29. The van der Waals surface area contributed by atoms with Gasteiger partial charge in [0.2, 0.25) is 21.8 Å². The number of amides is 2. The van der Waals surface area contributed by atoms with E-state index < -0.39 is 28.5 Å². The third kappa shape index (κ3) is 6.59. The van der Waals surface area contributed by atoms with E-state index in [1.54, 1.807) is 6.92 Å². The fraction of sp³-hybridized carbons (Fsp3) is 0.333. The quantitative estimate of drug-likeness (QED) is 0.621. The van der Waals surface area contributed by atoms with Crippen molar-refractivity contribution in [3.05, 3.63) is 63.6 Å². The molecule has 10 heteroatoms. The van der Waals surface area contributed by atoms with E-state index in [4.69, 9.17) is 23.2 Å². The minimum atomic E-state index is -3.87. The summed E-state index contributed by atoms with van der Waals surface area (Å²) in [6.45, 7) is 3.13. The van der Waals surface area contributed by atoms with Gasteiger partial charge in [0.1, 0.15) is 12.6 Å². The molecule has 2 aromatic rings. The van der Waals surface area contributed by atoms with Crippen molar-refractivity contribution in [2.24, 2.45) is 0 Å². The summed E-state index contributed by atoms with van der Waals surface area (Å²) in [5, 5.41) is 2.93. The molecule has 0 aromatic heterocycles. The van der Waals surface area contributed by atoms with Gasteiger partial charge in [0.25, 0.3) is 0 Å². The summed E-state index contributed by atoms with van der Waals surface area (Å²) in [6.07, 6.45) is 0.976. The second-order valence-electron chi connectivity index (χ2n) is 7.16. The van der Waals surface area contributed by atoms with Gasteiger partial charge in [0, 0.05) is 18.6 Å². The molecule has 1 atom stereocenters. The van der Waals surface area contributed by atoms with Crippen LogP contribution in [0.15, 0.2) is 42.5 Å². The van der Waals surface area contributed by atoms with Crippen LogP contribution in [0, 0.1) is 6.92 Å². The van der Waals surface area contributed by atoms with Crippen molar-refractivity contribution in [1.82, 2.24) is 10.2 Å². The molecular formula is C21H25Cl2N3O4S. The van der Waals surface area contributed by atoms with Crippen molar-refractivity contribution >= 4 is 50.7 Å². The highest BCUT2D eigenvalue weighted by Crippen LogP contribution is 2.30. The Morgan fingerprint density at radius 3 is 2.26 bits per heavy atom. The number of nitrogens with zero attached hydrogens (tertiary/aromatic N) is 2. The number of carbonyl (C=O) groups is 2. The highest BCUT2D eigenvalue weighted by Gasteiger charge is 2.30. The molecule has 0 aliphatic carbocycles. The molecule has 2 amide bonds. The topological polar surface area (TPSA) is 86.8 Å². The lowest BCUT2D eigenvalue weighted by Crippen LogP contribution is -2.50. The lowest BCUT2D eigenvalue weighted by Gasteiger charge is -2.31. The van der Waals surface area contributed by atoms with Crippen LogP contribution in [-0.4, -0.2) is 51.0 Å². The predicted molar refractivity (Wildman–Crippen MR) is 124 cm³/mol. The van der Waals surface area contributed by atoms with E-state index in [1.165, 1.54) is 30.1 Å². The van der Waals surface area contributed by atoms with Gasteiger partial charge in [-0.25, -0.2) is 8.42 Å². The second kappa shape index (κ2) is 10.3. The van der Waals surface area contributed by atoms with Crippen LogP contribution in [0.3, 0.4) is 0 Å². The minimum absolute atomic E-state index is 0.0906. The van der Waals surface area contributed by atoms with Gasteiger partial charge in [0.15, 0.2) is 0 Å². The fourth-order valence-electron chi connectivity index (χ4n) is 2.95. The summed E-state index contributed by atoms with van der Waals surface area (Å²) in [5.41, 5.74) is 1.95. The zero-order valence-corrected chi connectivity index (χ0v) is 20.1. The summed E-state index contributed by atoms with van der Waals surface area (Å²) in [6, 6.07) is 11.0. The number of likely N-dealkylation sites (N-methyl/N-ethyl adjacent to an activating group) is 1. The number of carbonyl (C=O) groups excluding carboxylic acids is 2. The van der Waals surface area contributed by atoms with Crippen LogP contribution in [0.2, 0.25) is 10.0 Å². The number of hydrogen-bond donors (Lipinski definition) is 1. The van der Waals surface area contributed by atoms with Crippen LogP contribution in [0.1, 0.15) is 18.1 Å². The third-order valence-electron chi connectivity index (χ3n) is 4.74. The van der Waals surface area contributed by atoms with Crippen molar-refractivity contribution in [2.75, 3.05) is 24.2 Å². The number of aryl methyl sites for hydroxylation is 1. The van der Waals surface area contributed by atoms with Crippen LogP contribution >= 0.6 is 23.2 Å². The maximum Gasteiger partial charge on any atom is 0.244 e. The Labute approximate surface area is 193 Å². The van der Waals surface area contributed by atoms with E-state index in [0.29, 0.717) is 0 Å². The Bertz CT molecular complexity index is 1060. The smallest absolute Gasteiger partial charge is 0.244 e. The molecule has 0 spiro atoms. The molecule has 0 fully saturated rings. The molecule has 0 radical (unpaired) electrons. The van der Waals surface area contributed by atoms with E-state index in [2.05, 4.69) is 5.32 Å². The number of sulfonamides is 1. The van der Waals surface area contributed by atoms with Crippen molar-refractivity contribution in [2.45, 2.75) is 26.4 Å².